The number of carbonyl (C=O) groups is 1. The van der Waals surface area contributed by atoms with Crippen molar-refractivity contribution in [2.45, 2.75) is 18.9 Å². The third-order valence-electron chi connectivity index (χ3n) is 3.80. The number of aliphatic imine (C=N–C) groups is 1. The number of carbonyl (C=O) groups excluding carboxylic acids is 1. The summed E-state index contributed by atoms with van der Waals surface area (Å²) in [6.07, 6.45) is 0.398. The van der Waals surface area contributed by atoms with Gasteiger partial charge in [0, 0.05) is 23.2 Å². The highest BCUT2D eigenvalue weighted by Gasteiger charge is 2.52. The van der Waals surface area contributed by atoms with Gasteiger partial charge in [-0.05, 0) is 24.4 Å². The minimum Gasteiger partial charge on any atom is -0.374 e. The van der Waals surface area contributed by atoms with E-state index in [1.807, 2.05) is 34.7 Å². The van der Waals surface area contributed by atoms with E-state index < -0.39 is 5.60 Å². The highest BCUT2D eigenvalue weighted by molar-refractivity contribution is 7.16. The Bertz CT molecular complexity index is 732. The summed E-state index contributed by atoms with van der Waals surface area (Å²) in [5.74, 6) is 0.273. The van der Waals surface area contributed by atoms with Crippen molar-refractivity contribution in [3.63, 3.8) is 0 Å². The molecule has 0 saturated carbocycles. The van der Waals surface area contributed by atoms with Gasteiger partial charge in [-0.2, -0.15) is 11.3 Å². The molecule has 1 N–H and O–H groups in total. The molecule has 2 aliphatic rings. The molecule has 1 unspecified atom stereocenters. The molecule has 1 atom stereocenters. The van der Waals surface area contributed by atoms with Crippen molar-refractivity contribution in [3.8, 4) is 0 Å². The van der Waals surface area contributed by atoms with E-state index in [9.17, 15) is 9.90 Å². The highest BCUT2D eigenvalue weighted by atomic mass is 32.1. The molecule has 4 heterocycles. The first-order chi connectivity index (χ1) is 9.59. The normalized spacial score (nSPS) is 24.6. The van der Waals surface area contributed by atoms with Crippen LogP contribution in [0.2, 0.25) is 0 Å². The number of nitrogens with zero attached hydrogens (tertiary/aromatic N) is 2. The molecule has 6 heteroatoms. The van der Waals surface area contributed by atoms with Gasteiger partial charge >= 0.3 is 0 Å². The fraction of sp³-hybridized carbons (Fsp3) is 0.286. The summed E-state index contributed by atoms with van der Waals surface area (Å²) in [6, 6.07) is 3.81. The summed E-state index contributed by atoms with van der Waals surface area (Å²) in [5.41, 5.74) is 0.0998. The number of hydrogen-bond donors (Lipinski definition) is 1. The topological polar surface area (TPSA) is 52.9 Å². The highest BCUT2D eigenvalue weighted by Crippen LogP contribution is 2.43. The summed E-state index contributed by atoms with van der Waals surface area (Å²) in [4.78, 5) is 20.2. The van der Waals surface area contributed by atoms with Gasteiger partial charge in [-0.3, -0.25) is 4.79 Å². The molecule has 0 aromatic carbocycles. The van der Waals surface area contributed by atoms with Gasteiger partial charge in [-0.25, -0.2) is 4.99 Å². The number of amidine groups is 1. The molecule has 0 radical (unpaired) electrons. The molecule has 2 aromatic heterocycles. The van der Waals surface area contributed by atoms with Crippen LogP contribution in [0.25, 0.3) is 0 Å². The Balaban J connectivity index is 1.89. The number of fused-ring (bicyclic) bond motifs is 2. The Hall–Kier alpha value is -1.50. The number of ketones is 1. The SMILES string of the molecule is Cc1cc2c(s1)N=C1N(c3ccsc3)CCC1(O)C2=O. The summed E-state index contributed by atoms with van der Waals surface area (Å²) in [7, 11) is 0. The number of hydrogen-bond acceptors (Lipinski definition) is 6. The molecule has 1 fully saturated rings. The van der Waals surface area contributed by atoms with Crippen LogP contribution in [0.3, 0.4) is 0 Å². The molecule has 102 valence electrons. The van der Waals surface area contributed by atoms with Crippen molar-refractivity contribution in [1.29, 1.82) is 0 Å². The van der Waals surface area contributed by atoms with Gasteiger partial charge in [0.15, 0.2) is 11.4 Å². The van der Waals surface area contributed by atoms with E-state index in [0.717, 1.165) is 10.6 Å². The Labute approximate surface area is 124 Å². The lowest BCUT2D eigenvalue weighted by Crippen LogP contribution is -2.48. The first-order valence-electron chi connectivity index (χ1n) is 6.36. The number of anilines is 1. The van der Waals surface area contributed by atoms with Crippen LogP contribution < -0.4 is 4.90 Å². The predicted molar refractivity (Wildman–Crippen MR) is 81.7 cm³/mol. The predicted octanol–water partition coefficient (Wildman–Crippen LogP) is 2.99. The molecule has 20 heavy (non-hydrogen) atoms. The maximum absolute atomic E-state index is 12.6. The van der Waals surface area contributed by atoms with Gasteiger partial charge in [0.25, 0.3) is 0 Å². The van der Waals surface area contributed by atoms with E-state index in [-0.39, 0.29) is 5.78 Å². The second-order valence-electron chi connectivity index (χ2n) is 5.08. The zero-order valence-electron chi connectivity index (χ0n) is 10.8. The van der Waals surface area contributed by atoms with E-state index in [0.29, 0.717) is 29.4 Å². The second kappa shape index (κ2) is 4.00. The maximum atomic E-state index is 12.6. The van der Waals surface area contributed by atoms with Gasteiger partial charge in [0.2, 0.25) is 5.78 Å². The Kier molecular flexibility index (Phi) is 2.45. The first kappa shape index (κ1) is 12.3. The zero-order chi connectivity index (χ0) is 13.9. The van der Waals surface area contributed by atoms with Crippen LogP contribution in [-0.2, 0) is 0 Å². The average molecular weight is 304 g/mol. The molecular formula is C14H12N2O2S2. The van der Waals surface area contributed by atoms with Gasteiger partial charge in [-0.15, -0.1) is 11.3 Å². The van der Waals surface area contributed by atoms with Crippen molar-refractivity contribution < 1.29 is 9.90 Å². The van der Waals surface area contributed by atoms with Crippen molar-refractivity contribution in [2.24, 2.45) is 4.99 Å². The lowest BCUT2D eigenvalue weighted by molar-refractivity contribution is 0.0603. The largest absolute Gasteiger partial charge is 0.374 e. The zero-order valence-corrected chi connectivity index (χ0v) is 12.4. The van der Waals surface area contributed by atoms with E-state index in [2.05, 4.69) is 4.99 Å². The van der Waals surface area contributed by atoms with Crippen LogP contribution in [-0.4, -0.2) is 28.9 Å². The van der Waals surface area contributed by atoms with Crippen LogP contribution in [0.4, 0.5) is 10.7 Å². The molecule has 0 spiro atoms. The minimum atomic E-state index is -1.46. The lowest BCUT2D eigenvalue weighted by atomic mass is 9.90. The van der Waals surface area contributed by atoms with Crippen molar-refractivity contribution >= 4 is 45.0 Å². The number of Topliss-reactive ketones (excluding diaryl/α,β-unsaturated/α-hetero) is 1. The van der Waals surface area contributed by atoms with E-state index in [1.165, 1.54) is 11.3 Å². The monoisotopic (exact) mass is 304 g/mol. The summed E-state index contributed by atoms with van der Waals surface area (Å²) >= 11 is 3.09. The first-order valence-corrected chi connectivity index (χ1v) is 8.12. The van der Waals surface area contributed by atoms with Crippen molar-refractivity contribution in [2.75, 3.05) is 11.4 Å². The van der Waals surface area contributed by atoms with Crippen molar-refractivity contribution in [1.82, 2.24) is 0 Å². The van der Waals surface area contributed by atoms with E-state index in [4.69, 9.17) is 0 Å². The smallest absolute Gasteiger partial charge is 0.205 e. The number of aryl methyl sites for hydroxylation is 1. The van der Waals surface area contributed by atoms with Gasteiger partial charge < -0.3 is 10.0 Å². The molecular weight excluding hydrogens is 292 g/mol. The number of rotatable bonds is 1. The molecule has 0 bridgehead atoms. The quantitative estimate of drug-likeness (QED) is 0.881. The summed E-state index contributed by atoms with van der Waals surface area (Å²) in [6.45, 7) is 2.57. The Morgan fingerprint density at radius 2 is 2.35 bits per heavy atom. The van der Waals surface area contributed by atoms with Crippen LogP contribution in [0.5, 0.6) is 0 Å². The van der Waals surface area contributed by atoms with Crippen LogP contribution >= 0.6 is 22.7 Å². The molecule has 1 saturated heterocycles. The molecule has 2 aromatic rings. The average Bonchev–Trinajstić information content (AvgIpc) is 3.10. The molecule has 0 amide bonds. The van der Waals surface area contributed by atoms with E-state index in [1.54, 1.807) is 11.3 Å². The Morgan fingerprint density at radius 1 is 1.50 bits per heavy atom. The van der Waals surface area contributed by atoms with Gasteiger partial charge in [-0.1, -0.05) is 0 Å². The molecule has 2 aliphatic heterocycles. The van der Waals surface area contributed by atoms with Gasteiger partial charge in [0.05, 0.1) is 11.3 Å². The van der Waals surface area contributed by atoms with Crippen LogP contribution in [0.1, 0.15) is 21.7 Å². The minimum absolute atomic E-state index is 0.209. The van der Waals surface area contributed by atoms with Crippen LogP contribution in [0.15, 0.2) is 27.9 Å². The molecule has 4 rings (SSSR count). The third-order valence-corrected chi connectivity index (χ3v) is 5.42. The second-order valence-corrected chi connectivity index (χ2v) is 7.10. The third kappa shape index (κ3) is 1.49. The van der Waals surface area contributed by atoms with E-state index >= 15 is 0 Å². The maximum Gasteiger partial charge on any atom is 0.205 e. The standard InChI is InChI=1S/C14H12N2O2S2/c1-8-6-10-11(17)14(18)3-4-16(9-2-5-19-7-9)13(14)15-12(10)20-8/h2,5-7,18H,3-4H2,1H3. The van der Waals surface area contributed by atoms with Gasteiger partial charge in [0.1, 0.15) is 5.00 Å². The fourth-order valence-electron chi connectivity index (χ4n) is 2.81. The summed E-state index contributed by atoms with van der Waals surface area (Å²) < 4.78 is 0. The summed E-state index contributed by atoms with van der Waals surface area (Å²) in [5, 5.41) is 15.5. The number of thiophene rings is 2. The van der Waals surface area contributed by atoms with Crippen LogP contribution in [0, 0.1) is 6.92 Å². The number of aliphatic hydroxyl groups is 1. The van der Waals surface area contributed by atoms with Crippen molar-refractivity contribution in [3.05, 3.63) is 33.3 Å². The lowest BCUT2D eigenvalue weighted by Gasteiger charge is -2.27. The Morgan fingerprint density at radius 3 is 3.10 bits per heavy atom. The molecule has 4 nitrogen and oxygen atoms in total. The molecule has 0 aliphatic carbocycles. The fourth-order valence-corrected chi connectivity index (χ4v) is 4.33.